The smallest absolute Gasteiger partial charge is 0.176 e. The Labute approximate surface area is 172 Å². The van der Waals surface area contributed by atoms with E-state index in [1.54, 1.807) is 36.4 Å². The Morgan fingerprint density at radius 1 is 1.10 bits per heavy atom. The Bertz CT molecular complexity index is 1320. The van der Waals surface area contributed by atoms with Crippen LogP contribution >= 0.6 is 11.6 Å². The lowest BCUT2D eigenvalue weighted by Crippen LogP contribution is -1.99. The van der Waals surface area contributed by atoms with Gasteiger partial charge in [-0.1, -0.05) is 35.9 Å². The predicted octanol–water partition coefficient (Wildman–Crippen LogP) is 5.00. The van der Waals surface area contributed by atoms with E-state index in [9.17, 15) is 12.8 Å². The highest BCUT2D eigenvalue weighted by molar-refractivity contribution is 7.90. The quantitative estimate of drug-likeness (QED) is 0.483. The molecule has 0 radical (unpaired) electrons. The lowest BCUT2D eigenvalue weighted by molar-refractivity contribution is 0.282. The van der Waals surface area contributed by atoms with Gasteiger partial charge in [-0.15, -0.1) is 0 Å². The molecule has 29 heavy (non-hydrogen) atoms. The minimum atomic E-state index is -3.37. The number of aromatic nitrogens is 2. The van der Waals surface area contributed by atoms with E-state index in [0.29, 0.717) is 21.9 Å². The van der Waals surface area contributed by atoms with Crippen LogP contribution in [0.2, 0.25) is 5.02 Å². The molecule has 4 rings (SSSR count). The second-order valence-corrected chi connectivity index (χ2v) is 8.97. The van der Waals surface area contributed by atoms with Gasteiger partial charge >= 0.3 is 0 Å². The van der Waals surface area contributed by atoms with Crippen LogP contribution in [0.5, 0.6) is 5.75 Å². The van der Waals surface area contributed by atoms with E-state index < -0.39 is 15.7 Å². The molecule has 0 atom stereocenters. The van der Waals surface area contributed by atoms with Crippen molar-refractivity contribution in [3.63, 3.8) is 0 Å². The van der Waals surface area contributed by atoms with Crippen LogP contribution < -0.4 is 4.74 Å². The van der Waals surface area contributed by atoms with Crippen molar-refractivity contribution in [3.8, 4) is 16.9 Å². The van der Waals surface area contributed by atoms with Gasteiger partial charge in [-0.05, 0) is 42.0 Å². The number of aromatic amines is 1. The fraction of sp³-hybridized carbons (Fsp3) is 0.0952. The van der Waals surface area contributed by atoms with Crippen LogP contribution in [-0.2, 0) is 16.4 Å². The first-order valence-corrected chi connectivity index (χ1v) is 10.9. The van der Waals surface area contributed by atoms with Crippen molar-refractivity contribution >= 4 is 32.5 Å². The summed E-state index contributed by atoms with van der Waals surface area (Å²) >= 11 is 5.74. The van der Waals surface area contributed by atoms with Gasteiger partial charge in [0.2, 0.25) is 0 Å². The molecule has 0 aliphatic carbocycles. The molecule has 1 N–H and O–H groups in total. The third kappa shape index (κ3) is 4.11. The first kappa shape index (κ1) is 19.4. The Morgan fingerprint density at radius 3 is 2.66 bits per heavy atom. The van der Waals surface area contributed by atoms with Gasteiger partial charge in [0, 0.05) is 16.8 Å². The summed E-state index contributed by atoms with van der Waals surface area (Å²) in [6.45, 7) is 0.0441. The highest BCUT2D eigenvalue weighted by atomic mass is 35.5. The molecule has 0 saturated carbocycles. The average molecular weight is 431 g/mol. The average Bonchev–Trinajstić information content (AvgIpc) is 3.08. The number of benzene rings is 3. The normalized spacial score (nSPS) is 11.7. The minimum absolute atomic E-state index is 0.0441. The molecule has 148 valence electrons. The summed E-state index contributed by atoms with van der Waals surface area (Å²) < 4.78 is 43.5. The fourth-order valence-electron chi connectivity index (χ4n) is 3.07. The van der Waals surface area contributed by atoms with Crippen molar-refractivity contribution in [3.05, 3.63) is 77.3 Å². The Kier molecular flexibility index (Phi) is 5.02. The molecule has 0 spiro atoms. The number of nitrogens with zero attached hydrogens (tertiary/aromatic N) is 1. The van der Waals surface area contributed by atoms with E-state index in [4.69, 9.17) is 16.3 Å². The molecule has 0 bridgehead atoms. The van der Waals surface area contributed by atoms with Crippen molar-refractivity contribution in [2.45, 2.75) is 11.5 Å². The summed E-state index contributed by atoms with van der Waals surface area (Å²) in [5, 5.41) is 0.292. The Balaban J connectivity index is 1.64. The number of sulfone groups is 1. The molecule has 4 aromatic rings. The largest absolute Gasteiger partial charge is 0.483 e. The highest BCUT2D eigenvalue weighted by Gasteiger charge is 2.15. The van der Waals surface area contributed by atoms with E-state index in [-0.39, 0.29) is 17.3 Å². The van der Waals surface area contributed by atoms with E-state index in [1.807, 2.05) is 12.1 Å². The lowest BCUT2D eigenvalue weighted by atomic mass is 10.1. The van der Waals surface area contributed by atoms with Crippen LogP contribution in [0.4, 0.5) is 4.39 Å². The number of H-pyrrole nitrogens is 1. The highest BCUT2D eigenvalue weighted by Crippen LogP contribution is 2.29. The number of imidazole rings is 1. The molecule has 1 heterocycles. The second kappa shape index (κ2) is 7.50. The molecule has 0 fully saturated rings. The van der Waals surface area contributed by atoms with Crippen LogP contribution in [0.3, 0.4) is 0 Å². The van der Waals surface area contributed by atoms with Gasteiger partial charge in [0.1, 0.15) is 12.4 Å². The summed E-state index contributed by atoms with van der Waals surface area (Å²) in [6.07, 6.45) is 1.19. The van der Waals surface area contributed by atoms with Gasteiger partial charge in [0.05, 0.1) is 15.9 Å². The topological polar surface area (TPSA) is 72.1 Å². The van der Waals surface area contributed by atoms with E-state index >= 15 is 0 Å². The first-order valence-electron chi connectivity index (χ1n) is 8.67. The number of fused-ring (bicyclic) bond motifs is 1. The summed E-state index contributed by atoms with van der Waals surface area (Å²) in [5.41, 5.74) is 2.78. The number of rotatable bonds is 5. The lowest BCUT2D eigenvalue weighted by Gasteiger charge is -2.07. The van der Waals surface area contributed by atoms with E-state index in [2.05, 4.69) is 9.97 Å². The van der Waals surface area contributed by atoms with Gasteiger partial charge in [-0.25, -0.2) is 17.8 Å². The van der Waals surface area contributed by atoms with Gasteiger partial charge in [-0.2, -0.15) is 0 Å². The third-order valence-electron chi connectivity index (χ3n) is 4.39. The predicted molar refractivity (Wildman–Crippen MR) is 110 cm³/mol. The van der Waals surface area contributed by atoms with Crippen LogP contribution in [0.25, 0.3) is 22.2 Å². The van der Waals surface area contributed by atoms with Crippen molar-refractivity contribution in [2.24, 2.45) is 0 Å². The van der Waals surface area contributed by atoms with Gasteiger partial charge in [0.15, 0.2) is 21.4 Å². The monoisotopic (exact) mass is 430 g/mol. The number of hydrogen-bond donors (Lipinski definition) is 1. The molecule has 8 heteroatoms. The molecular formula is C21H16ClFN2O3S. The summed E-state index contributed by atoms with van der Waals surface area (Å²) in [6, 6.07) is 16.5. The zero-order chi connectivity index (χ0) is 20.6. The first-order chi connectivity index (χ1) is 13.8. The summed E-state index contributed by atoms with van der Waals surface area (Å²) in [4.78, 5) is 7.83. The molecule has 0 aliphatic rings. The molecule has 0 aliphatic heterocycles. The van der Waals surface area contributed by atoms with Gasteiger partial charge in [-0.3, -0.25) is 0 Å². The van der Waals surface area contributed by atoms with Crippen LogP contribution in [-0.4, -0.2) is 24.6 Å². The molecule has 3 aromatic carbocycles. The maximum atomic E-state index is 13.8. The minimum Gasteiger partial charge on any atom is -0.483 e. The molecule has 5 nitrogen and oxygen atoms in total. The van der Waals surface area contributed by atoms with Gasteiger partial charge in [0.25, 0.3) is 0 Å². The van der Waals surface area contributed by atoms with Crippen LogP contribution in [0.1, 0.15) is 5.82 Å². The van der Waals surface area contributed by atoms with Crippen molar-refractivity contribution in [1.29, 1.82) is 0 Å². The zero-order valence-electron chi connectivity index (χ0n) is 15.3. The molecule has 0 saturated heterocycles. The standard InChI is InChI=1S/C21H16ClFN2O3S/c1-29(26,27)20-5-3-2-4-15(20)13-6-8-17-18(10-13)25-21(24-17)12-28-19-9-7-14(22)11-16(19)23/h2-11H,12H2,1H3,(H,24,25). The second-order valence-electron chi connectivity index (χ2n) is 6.55. The SMILES string of the molecule is CS(=O)(=O)c1ccccc1-c1ccc2nc(COc3ccc(Cl)cc3F)[nH]c2c1. The Morgan fingerprint density at radius 2 is 1.90 bits per heavy atom. The van der Waals surface area contributed by atoms with Crippen LogP contribution in [0.15, 0.2) is 65.6 Å². The molecule has 0 amide bonds. The fourth-order valence-corrected chi connectivity index (χ4v) is 4.14. The van der Waals surface area contributed by atoms with E-state index in [0.717, 1.165) is 11.1 Å². The molecule has 1 aromatic heterocycles. The maximum absolute atomic E-state index is 13.8. The molecule has 0 unspecified atom stereocenters. The maximum Gasteiger partial charge on any atom is 0.176 e. The van der Waals surface area contributed by atoms with Crippen LogP contribution in [0, 0.1) is 5.82 Å². The van der Waals surface area contributed by atoms with Gasteiger partial charge < -0.3 is 9.72 Å². The molecular weight excluding hydrogens is 415 g/mol. The zero-order valence-corrected chi connectivity index (χ0v) is 16.9. The summed E-state index contributed by atoms with van der Waals surface area (Å²) in [5.74, 6) is 0.0498. The Hall–Kier alpha value is -2.90. The summed E-state index contributed by atoms with van der Waals surface area (Å²) in [7, 11) is -3.37. The van der Waals surface area contributed by atoms with E-state index in [1.165, 1.54) is 18.4 Å². The van der Waals surface area contributed by atoms with Crippen molar-refractivity contribution in [1.82, 2.24) is 9.97 Å². The van der Waals surface area contributed by atoms with Crippen molar-refractivity contribution in [2.75, 3.05) is 6.26 Å². The number of ether oxygens (including phenoxy) is 1. The van der Waals surface area contributed by atoms with Crippen molar-refractivity contribution < 1.29 is 17.5 Å². The third-order valence-corrected chi connectivity index (χ3v) is 5.78. The number of nitrogens with one attached hydrogen (secondary N) is 1. The number of hydrogen-bond acceptors (Lipinski definition) is 4. The number of halogens is 2.